The van der Waals surface area contributed by atoms with Crippen molar-refractivity contribution in [3.8, 4) is 0 Å². The number of pyridine rings is 1. The minimum absolute atomic E-state index is 0.0662. The number of hydrogen-bond donors (Lipinski definition) is 0. The minimum atomic E-state index is -0.0662. The lowest BCUT2D eigenvalue weighted by Crippen LogP contribution is -2.48. The monoisotopic (exact) mass is 301 g/mol. The average Bonchev–Trinajstić information content (AvgIpc) is 2.89. The Kier molecular flexibility index (Phi) is 3.89. The molecule has 1 aromatic heterocycles. The van der Waals surface area contributed by atoms with Gasteiger partial charge in [0.1, 0.15) is 0 Å². The summed E-state index contributed by atoms with van der Waals surface area (Å²) in [5.74, 6) is 0.277. The summed E-state index contributed by atoms with van der Waals surface area (Å²) in [5, 5.41) is 0. The van der Waals surface area contributed by atoms with E-state index in [0.29, 0.717) is 32.5 Å². The van der Waals surface area contributed by atoms with E-state index in [1.165, 1.54) is 5.56 Å². The van der Waals surface area contributed by atoms with Gasteiger partial charge in [0.25, 0.3) is 0 Å². The highest BCUT2D eigenvalue weighted by atomic mass is 16.2. The van der Waals surface area contributed by atoms with Crippen molar-refractivity contribution >= 4 is 11.8 Å². The normalized spacial score (nSPS) is 21.5. The third-order valence-electron chi connectivity index (χ3n) is 4.67. The van der Waals surface area contributed by atoms with E-state index < -0.39 is 0 Å². The van der Waals surface area contributed by atoms with Crippen LogP contribution in [-0.2, 0) is 22.7 Å². The first kappa shape index (κ1) is 15.0. The molecule has 118 valence electrons. The maximum atomic E-state index is 12.8. The third-order valence-corrected chi connectivity index (χ3v) is 4.67. The van der Waals surface area contributed by atoms with Crippen LogP contribution in [0.4, 0.5) is 0 Å². The summed E-state index contributed by atoms with van der Waals surface area (Å²) in [6.45, 7) is 7.85. The summed E-state index contributed by atoms with van der Waals surface area (Å²) in [4.78, 5) is 32.8. The molecule has 0 aromatic carbocycles. The SMILES string of the molecule is Cc1cc2c(cn1)CN(C(=O)[C@@H]1CCC(=O)N(C(C)C)C1)C2. The fourth-order valence-corrected chi connectivity index (χ4v) is 3.39. The standard InChI is InChI=1S/C17H23N3O2/c1-11(2)20-10-13(4-5-16(20)21)17(22)19-8-14-6-12(3)18-7-15(14)9-19/h6-7,11,13H,4-5,8-10H2,1-3H3/t13-/m1/s1. The van der Waals surface area contributed by atoms with Gasteiger partial charge in [0.2, 0.25) is 11.8 Å². The molecule has 0 spiro atoms. The van der Waals surface area contributed by atoms with Crippen LogP contribution in [0.5, 0.6) is 0 Å². The number of carbonyl (C=O) groups is 2. The fourth-order valence-electron chi connectivity index (χ4n) is 3.39. The molecule has 3 heterocycles. The zero-order chi connectivity index (χ0) is 15.9. The maximum Gasteiger partial charge on any atom is 0.228 e. The molecule has 0 radical (unpaired) electrons. The van der Waals surface area contributed by atoms with E-state index in [4.69, 9.17) is 0 Å². The number of fused-ring (bicyclic) bond motifs is 1. The second-order valence-corrected chi connectivity index (χ2v) is 6.66. The summed E-state index contributed by atoms with van der Waals surface area (Å²) >= 11 is 0. The van der Waals surface area contributed by atoms with Crippen molar-refractivity contribution in [2.24, 2.45) is 5.92 Å². The number of carbonyl (C=O) groups excluding carboxylic acids is 2. The van der Waals surface area contributed by atoms with Gasteiger partial charge in [0.05, 0.1) is 5.92 Å². The van der Waals surface area contributed by atoms with Crippen LogP contribution in [0.3, 0.4) is 0 Å². The Labute approximate surface area is 131 Å². The number of nitrogens with zero attached hydrogens (tertiary/aromatic N) is 3. The van der Waals surface area contributed by atoms with Crippen LogP contribution >= 0.6 is 0 Å². The first-order valence-corrected chi connectivity index (χ1v) is 7.98. The zero-order valence-corrected chi connectivity index (χ0v) is 13.5. The fraction of sp³-hybridized carbons (Fsp3) is 0.588. The van der Waals surface area contributed by atoms with Gasteiger partial charge in [-0.2, -0.15) is 0 Å². The van der Waals surface area contributed by atoms with Gasteiger partial charge in [-0.25, -0.2) is 0 Å². The van der Waals surface area contributed by atoms with E-state index >= 15 is 0 Å². The molecule has 2 aliphatic rings. The molecule has 5 heteroatoms. The quantitative estimate of drug-likeness (QED) is 0.838. The molecule has 2 amide bonds. The number of hydrogen-bond acceptors (Lipinski definition) is 3. The van der Waals surface area contributed by atoms with Crippen LogP contribution in [0.2, 0.25) is 0 Å². The summed E-state index contributed by atoms with van der Waals surface area (Å²) in [7, 11) is 0. The van der Waals surface area contributed by atoms with Gasteiger partial charge < -0.3 is 9.80 Å². The number of rotatable bonds is 2. The van der Waals surface area contributed by atoms with Gasteiger partial charge >= 0.3 is 0 Å². The predicted octanol–water partition coefficient (Wildman–Crippen LogP) is 1.88. The summed E-state index contributed by atoms with van der Waals surface area (Å²) in [5.41, 5.74) is 3.34. The van der Waals surface area contributed by atoms with Crippen molar-refractivity contribution in [2.75, 3.05) is 6.54 Å². The molecule has 22 heavy (non-hydrogen) atoms. The average molecular weight is 301 g/mol. The second-order valence-electron chi connectivity index (χ2n) is 6.66. The van der Waals surface area contributed by atoms with Gasteiger partial charge in [0, 0.05) is 44.0 Å². The van der Waals surface area contributed by atoms with Crippen LogP contribution in [0, 0.1) is 12.8 Å². The van der Waals surface area contributed by atoms with Crippen molar-refractivity contribution in [3.05, 3.63) is 29.1 Å². The molecule has 3 rings (SSSR count). The van der Waals surface area contributed by atoms with Gasteiger partial charge in [-0.1, -0.05) is 0 Å². The first-order valence-electron chi connectivity index (χ1n) is 7.98. The number of aromatic nitrogens is 1. The van der Waals surface area contributed by atoms with E-state index in [2.05, 4.69) is 11.1 Å². The molecular weight excluding hydrogens is 278 g/mol. The summed E-state index contributed by atoms with van der Waals surface area (Å²) < 4.78 is 0. The van der Waals surface area contributed by atoms with Gasteiger partial charge in [-0.3, -0.25) is 14.6 Å². The Balaban J connectivity index is 1.69. The Morgan fingerprint density at radius 3 is 2.77 bits per heavy atom. The summed E-state index contributed by atoms with van der Waals surface area (Å²) in [6.07, 6.45) is 3.03. The van der Waals surface area contributed by atoms with Crippen LogP contribution in [0.1, 0.15) is 43.5 Å². The van der Waals surface area contributed by atoms with Crippen LogP contribution < -0.4 is 0 Å². The van der Waals surface area contributed by atoms with Gasteiger partial charge in [0.15, 0.2) is 0 Å². The van der Waals surface area contributed by atoms with Crippen molar-refractivity contribution in [2.45, 2.75) is 52.7 Å². The lowest BCUT2D eigenvalue weighted by atomic mass is 9.95. The lowest BCUT2D eigenvalue weighted by Gasteiger charge is -2.36. The zero-order valence-electron chi connectivity index (χ0n) is 13.5. The first-order chi connectivity index (χ1) is 10.5. The van der Waals surface area contributed by atoms with Gasteiger partial charge in [-0.15, -0.1) is 0 Å². The Bertz CT molecular complexity index is 612. The van der Waals surface area contributed by atoms with Crippen LogP contribution in [-0.4, -0.2) is 39.2 Å². The van der Waals surface area contributed by atoms with E-state index in [1.807, 2.05) is 36.8 Å². The smallest absolute Gasteiger partial charge is 0.228 e. The van der Waals surface area contributed by atoms with Gasteiger partial charge in [-0.05, 0) is 44.4 Å². The van der Waals surface area contributed by atoms with Crippen LogP contribution in [0.25, 0.3) is 0 Å². The second kappa shape index (κ2) is 5.71. The highest BCUT2D eigenvalue weighted by Gasteiger charge is 2.35. The largest absolute Gasteiger partial charge is 0.339 e. The number of likely N-dealkylation sites (tertiary alicyclic amines) is 1. The highest BCUT2D eigenvalue weighted by molar-refractivity contribution is 5.84. The molecule has 0 unspecified atom stereocenters. The molecule has 0 bridgehead atoms. The molecule has 0 N–H and O–H groups in total. The molecule has 1 saturated heterocycles. The predicted molar refractivity (Wildman–Crippen MR) is 82.8 cm³/mol. The molecule has 2 aliphatic heterocycles. The molecule has 0 saturated carbocycles. The Morgan fingerprint density at radius 2 is 2.05 bits per heavy atom. The van der Waals surface area contributed by atoms with Crippen molar-refractivity contribution < 1.29 is 9.59 Å². The van der Waals surface area contributed by atoms with Crippen molar-refractivity contribution in [1.29, 1.82) is 0 Å². The number of aryl methyl sites for hydroxylation is 1. The third kappa shape index (κ3) is 2.72. The lowest BCUT2D eigenvalue weighted by molar-refractivity contribution is -0.144. The van der Waals surface area contributed by atoms with Crippen molar-refractivity contribution in [3.63, 3.8) is 0 Å². The highest BCUT2D eigenvalue weighted by Crippen LogP contribution is 2.27. The summed E-state index contributed by atoms with van der Waals surface area (Å²) in [6, 6.07) is 2.22. The Hall–Kier alpha value is -1.91. The maximum absolute atomic E-state index is 12.8. The number of piperidine rings is 1. The molecule has 1 fully saturated rings. The van der Waals surface area contributed by atoms with E-state index in [-0.39, 0.29) is 23.8 Å². The topological polar surface area (TPSA) is 53.5 Å². The molecular formula is C17H23N3O2. The van der Waals surface area contributed by atoms with Crippen molar-refractivity contribution in [1.82, 2.24) is 14.8 Å². The minimum Gasteiger partial charge on any atom is -0.339 e. The molecule has 1 atom stereocenters. The molecule has 1 aromatic rings. The van der Waals surface area contributed by atoms with E-state index in [9.17, 15) is 9.59 Å². The number of amides is 2. The Morgan fingerprint density at radius 1 is 1.32 bits per heavy atom. The van der Waals surface area contributed by atoms with E-state index in [0.717, 1.165) is 11.3 Å². The molecule has 0 aliphatic carbocycles. The van der Waals surface area contributed by atoms with Crippen LogP contribution in [0.15, 0.2) is 12.3 Å². The van der Waals surface area contributed by atoms with E-state index in [1.54, 1.807) is 0 Å². The molecule has 5 nitrogen and oxygen atoms in total.